The minimum atomic E-state index is 0.612. The quantitative estimate of drug-likeness (QED) is 0.780. The molecule has 2 N–H and O–H groups in total. The summed E-state index contributed by atoms with van der Waals surface area (Å²) >= 11 is 0. The van der Waals surface area contributed by atoms with Crippen LogP contribution < -0.4 is 10.5 Å². The summed E-state index contributed by atoms with van der Waals surface area (Å²) in [6.07, 6.45) is 4.46. The maximum atomic E-state index is 5.78. The first kappa shape index (κ1) is 13.4. The smallest absolute Gasteiger partial charge is 0.127 e. The molecule has 0 spiro atoms. The van der Waals surface area contributed by atoms with Crippen LogP contribution in [0.15, 0.2) is 67.1 Å². The molecule has 0 aliphatic carbocycles. The number of nitrogens with zero attached hydrogens (tertiary/aromatic N) is 2. The second kappa shape index (κ2) is 6.24. The minimum absolute atomic E-state index is 0.612. The summed E-state index contributed by atoms with van der Waals surface area (Å²) in [4.78, 5) is 4.18. The van der Waals surface area contributed by atoms with Crippen molar-refractivity contribution in [3.63, 3.8) is 0 Å². The maximum Gasteiger partial charge on any atom is 0.127 e. The Balaban J connectivity index is 1.79. The van der Waals surface area contributed by atoms with E-state index in [1.807, 2.05) is 65.4 Å². The monoisotopic (exact) mass is 279 g/mol. The molecule has 0 fully saturated rings. The fraction of sp³-hybridized carbons (Fsp3) is 0.118. The normalized spacial score (nSPS) is 10.5. The van der Waals surface area contributed by atoms with Crippen molar-refractivity contribution in [1.29, 1.82) is 0 Å². The molecule has 106 valence electrons. The van der Waals surface area contributed by atoms with Crippen molar-refractivity contribution in [2.45, 2.75) is 6.42 Å². The van der Waals surface area contributed by atoms with E-state index in [4.69, 9.17) is 10.5 Å². The van der Waals surface area contributed by atoms with Gasteiger partial charge in [0.2, 0.25) is 0 Å². The second-order valence-corrected chi connectivity index (χ2v) is 4.70. The van der Waals surface area contributed by atoms with Crippen LogP contribution in [0, 0.1) is 0 Å². The maximum absolute atomic E-state index is 5.78. The van der Waals surface area contributed by atoms with E-state index >= 15 is 0 Å². The van der Waals surface area contributed by atoms with Crippen LogP contribution in [-0.2, 0) is 6.42 Å². The van der Waals surface area contributed by atoms with Gasteiger partial charge in [0.1, 0.15) is 11.5 Å². The standard InChI is InChI=1S/C17H17N3O/c18-11-10-15-12-19-13-20(15)14-6-8-17(9-7-14)21-16-4-2-1-3-5-16/h1-9,12-13H,10-11,18H2. The Morgan fingerprint density at radius 2 is 1.67 bits per heavy atom. The molecule has 0 radical (unpaired) electrons. The number of benzene rings is 2. The molecular weight excluding hydrogens is 262 g/mol. The average Bonchev–Trinajstić information content (AvgIpc) is 2.98. The lowest BCUT2D eigenvalue weighted by atomic mass is 10.2. The first-order valence-corrected chi connectivity index (χ1v) is 6.91. The van der Waals surface area contributed by atoms with E-state index < -0.39 is 0 Å². The summed E-state index contributed by atoms with van der Waals surface area (Å²) in [5.41, 5.74) is 7.77. The van der Waals surface area contributed by atoms with Crippen LogP contribution in [0.1, 0.15) is 5.69 Å². The molecule has 2 aromatic carbocycles. The van der Waals surface area contributed by atoms with Crippen LogP contribution in [0.2, 0.25) is 0 Å². The Labute approximate surface area is 123 Å². The van der Waals surface area contributed by atoms with E-state index in [9.17, 15) is 0 Å². The lowest BCUT2D eigenvalue weighted by molar-refractivity contribution is 0.482. The van der Waals surface area contributed by atoms with Gasteiger partial charge in [-0.15, -0.1) is 0 Å². The van der Waals surface area contributed by atoms with E-state index in [0.29, 0.717) is 6.54 Å². The Bertz CT molecular complexity index is 690. The van der Waals surface area contributed by atoms with E-state index in [1.54, 1.807) is 6.33 Å². The van der Waals surface area contributed by atoms with Crippen molar-refractivity contribution in [3.8, 4) is 17.2 Å². The molecule has 0 unspecified atom stereocenters. The SMILES string of the molecule is NCCc1cncn1-c1ccc(Oc2ccccc2)cc1. The summed E-state index contributed by atoms with van der Waals surface area (Å²) in [7, 11) is 0. The van der Waals surface area contributed by atoms with E-state index in [1.165, 1.54) is 0 Å². The third-order valence-corrected chi connectivity index (χ3v) is 3.21. The molecule has 0 bridgehead atoms. The van der Waals surface area contributed by atoms with Crippen molar-refractivity contribution >= 4 is 0 Å². The van der Waals surface area contributed by atoms with Gasteiger partial charge in [-0.05, 0) is 42.9 Å². The summed E-state index contributed by atoms with van der Waals surface area (Å²) in [6.45, 7) is 0.612. The molecule has 1 heterocycles. The molecule has 21 heavy (non-hydrogen) atoms. The fourth-order valence-corrected chi connectivity index (χ4v) is 2.19. The molecule has 3 rings (SSSR count). The number of para-hydroxylation sites is 1. The van der Waals surface area contributed by atoms with Crippen molar-refractivity contribution in [3.05, 3.63) is 72.8 Å². The van der Waals surface area contributed by atoms with Gasteiger partial charge >= 0.3 is 0 Å². The number of imidazole rings is 1. The lowest BCUT2D eigenvalue weighted by Crippen LogP contribution is -2.07. The highest BCUT2D eigenvalue weighted by Crippen LogP contribution is 2.22. The van der Waals surface area contributed by atoms with Gasteiger partial charge in [-0.25, -0.2) is 4.98 Å². The molecule has 0 amide bonds. The van der Waals surface area contributed by atoms with Crippen LogP contribution in [0.4, 0.5) is 0 Å². The number of aromatic nitrogens is 2. The molecule has 3 aromatic rings. The van der Waals surface area contributed by atoms with E-state index in [-0.39, 0.29) is 0 Å². The van der Waals surface area contributed by atoms with Crippen LogP contribution in [0.25, 0.3) is 5.69 Å². The van der Waals surface area contributed by atoms with E-state index in [0.717, 1.165) is 29.3 Å². The van der Waals surface area contributed by atoms with Crippen LogP contribution in [0.3, 0.4) is 0 Å². The first-order valence-electron chi connectivity index (χ1n) is 6.91. The fourth-order valence-electron chi connectivity index (χ4n) is 2.19. The highest BCUT2D eigenvalue weighted by atomic mass is 16.5. The Morgan fingerprint density at radius 1 is 0.952 bits per heavy atom. The molecule has 0 atom stereocenters. The molecule has 0 saturated carbocycles. The van der Waals surface area contributed by atoms with E-state index in [2.05, 4.69) is 4.98 Å². The van der Waals surface area contributed by atoms with Gasteiger partial charge in [0.05, 0.1) is 6.33 Å². The molecular formula is C17H17N3O. The second-order valence-electron chi connectivity index (χ2n) is 4.70. The number of rotatable bonds is 5. The molecule has 0 saturated heterocycles. The van der Waals surface area contributed by atoms with Gasteiger partial charge < -0.3 is 15.0 Å². The molecule has 4 nitrogen and oxygen atoms in total. The third kappa shape index (κ3) is 3.12. The predicted molar refractivity (Wildman–Crippen MR) is 82.8 cm³/mol. The molecule has 0 aliphatic rings. The number of hydrogen-bond acceptors (Lipinski definition) is 3. The van der Waals surface area contributed by atoms with Gasteiger partial charge in [-0.1, -0.05) is 18.2 Å². The number of hydrogen-bond donors (Lipinski definition) is 1. The summed E-state index contributed by atoms with van der Waals surface area (Å²) in [6, 6.07) is 17.7. The summed E-state index contributed by atoms with van der Waals surface area (Å²) in [5, 5.41) is 0. The van der Waals surface area contributed by atoms with Crippen molar-refractivity contribution in [2.75, 3.05) is 6.54 Å². The Morgan fingerprint density at radius 3 is 2.38 bits per heavy atom. The zero-order chi connectivity index (χ0) is 14.5. The zero-order valence-electron chi connectivity index (χ0n) is 11.6. The van der Waals surface area contributed by atoms with Crippen molar-refractivity contribution in [2.24, 2.45) is 5.73 Å². The number of nitrogens with two attached hydrogens (primary N) is 1. The number of ether oxygens (including phenoxy) is 1. The highest BCUT2D eigenvalue weighted by molar-refractivity contribution is 5.40. The Kier molecular flexibility index (Phi) is 3.98. The van der Waals surface area contributed by atoms with Gasteiger partial charge in [-0.3, -0.25) is 0 Å². The summed E-state index contributed by atoms with van der Waals surface area (Å²) < 4.78 is 7.82. The topological polar surface area (TPSA) is 53.1 Å². The van der Waals surface area contributed by atoms with Crippen LogP contribution in [0.5, 0.6) is 11.5 Å². The van der Waals surface area contributed by atoms with Gasteiger partial charge in [0.25, 0.3) is 0 Å². The summed E-state index contributed by atoms with van der Waals surface area (Å²) in [5.74, 6) is 1.64. The van der Waals surface area contributed by atoms with Gasteiger partial charge in [0.15, 0.2) is 0 Å². The van der Waals surface area contributed by atoms with Crippen molar-refractivity contribution < 1.29 is 4.74 Å². The predicted octanol–water partition coefficient (Wildman–Crippen LogP) is 3.17. The first-order chi connectivity index (χ1) is 10.4. The Hall–Kier alpha value is -2.59. The van der Waals surface area contributed by atoms with Gasteiger partial charge in [0, 0.05) is 24.0 Å². The van der Waals surface area contributed by atoms with Crippen LogP contribution >= 0.6 is 0 Å². The third-order valence-electron chi connectivity index (χ3n) is 3.21. The largest absolute Gasteiger partial charge is 0.457 e. The molecule has 4 heteroatoms. The average molecular weight is 279 g/mol. The minimum Gasteiger partial charge on any atom is -0.457 e. The van der Waals surface area contributed by atoms with Gasteiger partial charge in [-0.2, -0.15) is 0 Å². The van der Waals surface area contributed by atoms with Crippen molar-refractivity contribution in [1.82, 2.24) is 9.55 Å². The van der Waals surface area contributed by atoms with Crippen LogP contribution in [-0.4, -0.2) is 16.1 Å². The highest BCUT2D eigenvalue weighted by Gasteiger charge is 2.04. The molecule has 0 aliphatic heterocycles. The lowest BCUT2D eigenvalue weighted by Gasteiger charge is -2.09. The molecule has 1 aromatic heterocycles. The zero-order valence-corrected chi connectivity index (χ0v) is 11.6.